The van der Waals surface area contributed by atoms with Gasteiger partial charge in [-0.3, -0.25) is 4.79 Å². The highest BCUT2D eigenvalue weighted by molar-refractivity contribution is 5.96. The van der Waals surface area contributed by atoms with E-state index in [1.54, 1.807) is 4.90 Å². The SMILES string of the molecule is CC1CCCN1CCCOc1ccc(N2C(=O)CC[C@H]2CNc2ccc(F)cc2F)cc1. The van der Waals surface area contributed by atoms with Crippen LogP contribution in [0.3, 0.4) is 0 Å². The summed E-state index contributed by atoms with van der Waals surface area (Å²) in [5.41, 5.74) is 1.04. The number of hydrogen-bond acceptors (Lipinski definition) is 4. The van der Waals surface area contributed by atoms with Crippen molar-refractivity contribution in [2.75, 3.05) is 36.5 Å². The van der Waals surface area contributed by atoms with E-state index in [4.69, 9.17) is 4.74 Å². The number of carbonyl (C=O) groups excluding carboxylic acids is 1. The van der Waals surface area contributed by atoms with E-state index >= 15 is 0 Å². The van der Waals surface area contributed by atoms with Crippen molar-refractivity contribution in [1.82, 2.24) is 4.90 Å². The maximum absolute atomic E-state index is 13.9. The maximum Gasteiger partial charge on any atom is 0.227 e. The van der Waals surface area contributed by atoms with Gasteiger partial charge >= 0.3 is 0 Å². The maximum atomic E-state index is 13.9. The fraction of sp³-hybridized carbons (Fsp3) is 0.480. The van der Waals surface area contributed by atoms with Crippen LogP contribution in [0.4, 0.5) is 20.2 Å². The number of likely N-dealkylation sites (tertiary alicyclic amines) is 1. The second-order valence-corrected chi connectivity index (χ2v) is 8.68. The molecule has 2 aromatic carbocycles. The van der Waals surface area contributed by atoms with E-state index in [-0.39, 0.29) is 17.6 Å². The zero-order chi connectivity index (χ0) is 22.5. The summed E-state index contributed by atoms with van der Waals surface area (Å²) in [5, 5.41) is 3.01. The smallest absolute Gasteiger partial charge is 0.227 e. The van der Waals surface area contributed by atoms with Crippen molar-refractivity contribution in [2.45, 2.75) is 51.1 Å². The summed E-state index contributed by atoms with van der Waals surface area (Å²) < 4.78 is 32.9. The number of benzene rings is 2. The number of nitrogens with one attached hydrogen (secondary N) is 1. The van der Waals surface area contributed by atoms with Crippen molar-refractivity contribution >= 4 is 17.3 Å². The van der Waals surface area contributed by atoms with Crippen LogP contribution in [-0.2, 0) is 4.79 Å². The van der Waals surface area contributed by atoms with E-state index in [9.17, 15) is 13.6 Å². The van der Waals surface area contributed by atoms with E-state index in [1.165, 1.54) is 31.5 Å². The molecule has 0 aromatic heterocycles. The van der Waals surface area contributed by atoms with Gasteiger partial charge in [0.15, 0.2) is 0 Å². The van der Waals surface area contributed by atoms with Crippen LogP contribution in [0.25, 0.3) is 0 Å². The second kappa shape index (κ2) is 10.3. The van der Waals surface area contributed by atoms with Crippen LogP contribution < -0.4 is 15.0 Å². The van der Waals surface area contributed by atoms with Gasteiger partial charge in [-0.2, -0.15) is 0 Å². The highest BCUT2D eigenvalue weighted by atomic mass is 19.1. The number of ether oxygens (including phenoxy) is 1. The Morgan fingerprint density at radius 3 is 2.66 bits per heavy atom. The number of hydrogen-bond donors (Lipinski definition) is 1. The number of anilines is 2. The Morgan fingerprint density at radius 1 is 1.12 bits per heavy atom. The van der Waals surface area contributed by atoms with Crippen molar-refractivity contribution in [3.63, 3.8) is 0 Å². The molecule has 0 aliphatic carbocycles. The lowest BCUT2D eigenvalue weighted by molar-refractivity contribution is -0.117. The molecule has 1 N–H and O–H groups in total. The van der Waals surface area contributed by atoms with Crippen LogP contribution >= 0.6 is 0 Å². The van der Waals surface area contributed by atoms with Gasteiger partial charge < -0.3 is 19.9 Å². The van der Waals surface area contributed by atoms with Crippen LogP contribution in [0.1, 0.15) is 39.0 Å². The van der Waals surface area contributed by atoms with Gasteiger partial charge in [0.1, 0.15) is 17.4 Å². The van der Waals surface area contributed by atoms with E-state index in [2.05, 4.69) is 17.1 Å². The predicted molar refractivity (Wildman–Crippen MR) is 122 cm³/mol. The van der Waals surface area contributed by atoms with Crippen LogP contribution in [0.2, 0.25) is 0 Å². The highest BCUT2D eigenvalue weighted by Gasteiger charge is 2.32. The summed E-state index contributed by atoms with van der Waals surface area (Å²) in [7, 11) is 0. The Balaban J connectivity index is 1.29. The molecule has 2 atom stereocenters. The third-order valence-electron chi connectivity index (χ3n) is 6.45. The quantitative estimate of drug-likeness (QED) is 0.564. The number of halogens is 2. The molecule has 172 valence electrons. The first-order valence-corrected chi connectivity index (χ1v) is 11.5. The lowest BCUT2D eigenvalue weighted by Crippen LogP contribution is -2.37. The first-order valence-electron chi connectivity index (χ1n) is 11.5. The summed E-state index contributed by atoms with van der Waals surface area (Å²) >= 11 is 0. The zero-order valence-corrected chi connectivity index (χ0v) is 18.5. The van der Waals surface area contributed by atoms with Gasteiger partial charge in [-0.05, 0) is 75.5 Å². The monoisotopic (exact) mass is 443 g/mol. The Kier molecular flexibility index (Phi) is 7.25. The van der Waals surface area contributed by atoms with Crippen LogP contribution in [0.15, 0.2) is 42.5 Å². The second-order valence-electron chi connectivity index (χ2n) is 8.68. The largest absolute Gasteiger partial charge is 0.494 e. The molecular weight excluding hydrogens is 412 g/mol. The fourth-order valence-electron chi connectivity index (χ4n) is 4.64. The Morgan fingerprint density at radius 2 is 1.94 bits per heavy atom. The fourth-order valence-corrected chi connectivity index (χ4v) is 4.64. The molecule has 2 heterocycles. The number of carbonyl (C=O) groups is 1. The summed E-state index contributed by atoms with van der Waals surface area (Å²) in [6.07, 6.45) is 4.69. The van der Waals surface area contributed by atoms with Crippen LogP contribution in [-0.4, -0.2) is 49.1 Å². The minimum atomic E-state index is -0.637. The molecular formula is C25H31F2N3O2. The lowest BCUT2D eigenvalue weighted by atomic mass is 10.2. The van der Waals surface area contributed by atoms with E-state index < -0.39 is 11.6 Å². The standard InChI is InChI=1S/C25H31F2N3O2/c1-18-4-2-13-29(18)14-3-15-32-22-9-6-20(7-10-22)30-21(8-12-25(30)31)17-28-24-11-5-19(26)16-23(24)27/h5-7,9-11,16,18,21,28H,2-4,8,12-15,17H2,1H3/t18?,21-/m0/s1. The van der Waals surface area contributed by atoms with E-state index in [0.29, 0.717) is 32.0 Å². The molecule has 0 spiro atoms. The van der Waals surface area contributed by atoms with Gasteiger partial charge in [0.05, 0.1) is 18.3 Å². The predicted octanol–water partition coefficient (Wildman–Crippen LogP) is 4.83. The number of rotatable bonds is 9. The molecule has 0 bridgehead atoms. The summed E-state index contributed by atoms with van der Waals surface area (Å²) in [6.45, 7) is 5.59. The Labute approximate surface area is 188 Å². The highest BCUT2D eigenvalue weighted by Crippen LogP contribution is 2.29. The van der Waals surface area contributed by atoms with Crippen molar-refractivity contribution < 1.29 is 18.3 Å². The molecule has 2 aliphatic heterocycles. The Bertz CT molecular complexity index is 922. The first-order chi connectivity index (χ1) is 15.5. The molecule has 7 heteroatoms. The van der Waals surface area contributed by atoms with Crippen molar-refractivity contribution in [3.8, 4) is 5.75 Å². The summed E-state index contributed by atoms with van der Waals surface area (Å²) in [5.74, 6) is -0.414. The van der Waals surface area contributed by atoms with E-state index in [1.807, 2.05) is 24.3 Å². The van der Waals surface area contributed by atoms with Crippen LogP contribution in [0, 0.1) is 11.6 Å². The van der Waals surface area contributed by atoms with Gasteiger partial charge in [-0.15, -0.1) is 0 Å². The molecule has 1 amide bonds. The number of nitrogens with zero attached hydrogens (tertiary/aromatic N) is 2. The molecule has 2 fully saturated rings. The van der Waals surface area contributed by atoms with Crippen molar-refractivity contribution in [3.05, 3.63) is 54.1 Å². The molecule has 4 rings (SSSR count). The van der Waals surface area contributed by atoms with Gasteiger partial charge in [-0.25, -0.2) is 8.78 Å². The molecule has 2 saturated heterocycles. The van der Waals surface area contributed by atoms with Crippen molar-refractivity contribution in [1.29, 1.82) is 0 Å². The number of amides is 1. The van der Waals surface area contributed by atoms with Gasteiger partial charge in [0.2, 0.25) is 5.91 Å². The minimum Gasteiger partial charge on any atom is -0.494 e. The van der Waals surface area contributed by atoms with Crippen LogP contribution in [0.5, 0.6) is 5.75 Å². The van der Waals surface area contributed by atoms with Crippen molar-refractivity contribution in [2.24, 2.45) is 0 Å². The molecule has 5 nitrogen and oxygen atoms in total. The van der Waals surface area contributed by atoms with Gasteiger partial charge in [0.25, 0.3) is 0 Å². The molecule has 2 aromatic rings. The molecule has 0 saturated carbocycles. The first kappa shape index (κ1) is 22.5. The third kappa shape index (κ3) is 5.38. The average Bonchev–Trinajstić information content (AvgIpc) is 3.36. The molecule has 0 radical (unpaired) electrons. The van der Waals surface area contributed by atoms with Gasteiger partial charge in [0, 0.05) is 37.3 Å². The van der Waals surface area contributed by atoms with Gasteiger partial charge in [-0.1, -0.05) is 0 Å². The molecule has 32 heavy (non-hydrogen) atoms. The lowest BCUT2D eigenvalue weighted by Gasteiger charge is -2.26. The molecule has 2 aliphatic rings. The summed E-state index contributed by atoms with van der Waals surface area (Å²) in [6, 6.07) is 11.6. The third-order valence-corrected chi connectivity index (χ3v) is 6.45. The zero-order valence-electron chi connectivity index (χ0n) is 18.5. The minimum absolute atomic E-state index is 0.0461. The van der Waals surface area contributed by atoms with E-state index in [0.717, 1.165) is 30.5 Å². The Hall–Kier alpha value is -2.67. The summed E-state index contributed by atoms with van der Waals surface area (Å²) in [4.78, 5) is 16.8. The topological polar surface area (TPSA) is 44.8 Å². The average molecular weight is 444 g/mol. The normalized spacial score (nSPS) is 21.3. The molecule has 1 unspecified atom stereocenters.